The Balaban J connectivity index is 2.05. The molecule has 2 aromatic rings. The molecule has 0 aliphatic carbocycles. The molecular weight excluding hydrogens is 270 g/mol. The number of anilines is 1. The minimum Gasteiger partial charge on any atom is -0.387 e. The van der Waals surface area contributed by atoms with Crippen LogP contribution in [-0.4, -0.2) is 21.8 Å². The summed E-state index contributed by atoms with van der Waals surface area (Å²) in [5.74, 6) is 0.658. The highest BCUT2D eigenvalue weighted by Crippen LogP contribution is 2.22. The maximum absolute atomic E-state index is 9.96. The maximum atomic E-state index is 9.96. The van der Waals surface area contributed by atoms with E-state index in [9.17, 15) is 5.11 Å². The number of hydrogen-bond acceptors (Lipinski definition) is 5. The first-order valence-electron chi connectivity index (χ1n) is 5.53. The molecule has 1 atom stereocenters. The summed E-state index contributed by atoms with van der Waals surface area (Å²) in [6, 6.07) is 1.91. The molecule has 0 bridgehead atoms. The van der Waals surface area contributed by atoms with E-state index in [-0.39, 0.29) is 0 Å². The molecule has 0 amide bonds. The Morgan fingerprint density at radius 3 is 2.83 bits per heavy atom. The number of aliphatic hydroxyl groups excluding tert-OH is 1. The highest BCUT2D eigenvalue weighted by Gasteiger charge is 2.11. The molecule has 6 heteroatoms. The van der Waals surface area contributed by atoms with E-state index in [4.69, 9.17) is 11.6 Å². The van der Waals surface area contributed by atoms with E-state index < -0.39 is 6.10 Å². The Kier molecular flexibility index (Phi) is 4.16. The highest BCUT2D eigenvalue weighted by molar-refractivity contribution is 7.07. The lowest BCUT2D eigenvalue weighted by Gasteiger charge is -2.13. The van der Waals surface area contributed by atoms with Gasteiger partial charge in [-0.05, 0) is 47.4 Å². The van der Waals surface area contributed by atoms with Crippen LogP contribution in [0.15, 0.2) is 16.8 Å². The van der Waals surface area contributed by atoms with Crippen LogP contribution in [0.25, 0.3) is 0 Å². The largest absolute Gasteiger partial charge is 0.387 e. The molecule has 2 heterocycles. The number of nitrogens with one attached hydrogen (secondary N) is 1. The molecule has 4 nitrogen and oxygen atoms in total. The Labute approximate surface area is 115 Å². The summed E-state index contributed by atoms with van der Waals surface area (Å²) < 4.78 is 0. The van der Waals surface area contributed by atoms with Gasteiger partial charge in [-0.1, -0.05) is 11.6 Å². The van der Waals surface area contributed by atoms with Crippen molar-refractivity contribution in [3.05, 3.63) is 38.7 Å². The van der Waals surface area contributed by atoms with Gasteiger partial charge in [-0.3, -0.25) is 0 Å². The molecule has 0 spiro atoms. The third kappa shape index (κ3) is 2.80. The van der Waals surface area contributed by atoms with Crippen LogP contribution in [0.2, 0.25) is 5.15 Å². The monoisotopic (exact) mass is 283 g/mol. The van der Waals surface area contributed by atoms with Crippen LogP contribution in [0.3, 0.4) is 0 Å². The Hall–Kier alpha value is -1.17. The number of nitrogens with zero attached hydrogens (tertiary/aromatic N) is 2. The fourth-order valence-corrected chi connectivity index (χ4v) is 2.41. The van der Waals surface area contributed by atoms with Gasteiger partial charge in [0.1, 0.15) is 0 Å². The molecule has 0 aromatic carbocycles. The van der Waals surface area contributed by atoms with Gasteiger partial charge >= 0.3 is 0 Å². The van der Waals surface area contributed by atoms with Crippen molar-refractivity contribution in [2.75, 3.05) is 11.9 Å². The van der Waals surface area contributed by atoms with Gasteiger partial charge in [0.15, 0.2) is 11.0 Å². The van der Waals surface area contributed by atoms with E-state index in [0.29, 0.717) is 17.5 Å². The van der Waals surface area contributed by atoms with E-state index >= 15 is 0 Å². The molecule has 2 rings (SSSR count). The van der Waals surface area contributed by atoms with E-state index in [0.717, 1.165) is 16.7 Å². The Bertz CT molecular complexity index is 530. The molecule has 1 unspecified atom stereocenters. The third-order valence-electron chi connectivity index (χ3n) is 2.86. The normalized spacial score (nSPS) is 12.4. The quantitative estimate of drug-likeness (QED) is 0.906. The molecule has 0 fully saturated rings. The van der Waals surface area contributed by atoms with Crippen LogP contribution in [0.4, 0.5) is 5.82 Å². The summed E-state index contributed by atoms with van der Waals surface area (Å²) in [6.45, 7) is 4.22. The first kappa shape index (κ1) is 13.3. The van der Waals surface area contributed by atoms with Crippen LogP contribution in [0.5, 0.6) is 0 Å². The topological polar surface area (TPSA) is 58.0 Å². The van der Waals surface area contributed by atoms with Crippen molar-refractivity contribution < 1.29 is 5.11 Å². The zero-order valence-corrected chi connectivity index (χ0v) is 11.7. The molecule has 2 aromatic heterocycles. The first-order valence-corrected chi connectivity index (χ1v) is 6.85. The predicted molar refractivity (Wildman–Crippen MR) is 74.3 cm³/mol. The summed E-state index contributed by atoms with van der Waals surface area (Å²) in [4.78, 5) is 0. The van der Waals surface area contributed by atoms with E-state index in [1.165, 1.54) is 0 Å². The summed E-state index contributed by atoms with van der Waals surface area (Å²) in [7, 11) is 0. The lowest BCUT2D eigenvalue weighted by atomic mass is 10.2. The van der Waals surface area contributed by atoms with Crippen molar-refractivity contribution in [2.24, 2.45) is 0 Å². The summed E-state index contributed by atoms with van der Waals surface area (Å²) in [5, 5.41) is 25.2. The molecule has 0 aliphatic heterocycles. The Morgan fingerprint density at radius 1 is 1.39 bits per heavy atom. The first-order chi connectivity index (χ1) is 8.59. The Morgan fingerprint density at radius 2 is 2.17 bits per heavy atom. The average molecular weight is 284 g/mol. The minimum absolute atomic E-state index is 0.396. The fourth-order valence-electron chi connectivity index (χ4n) is 1.52. The number of aromatic nitrogens is 2. The van der Waals surface area contributed by atoms with Gasteiger partial charge in [0, 0.05) is 6.54 Å². The summed E-state index contributed by atoms with van der Waals surface area (Å²) >= 11 is 7.44. The summed E-state index contributed by atoms with van der Waals surface area (Å²) in [5.41, 5.74) is 2.76. The number of thiophene rings is 1. The van der Waals surface area contributed by atoms with Gasteiger partial charge < -0.3 is 10.4 Å². The van der Waals surface area contributed by atoms with Crippen LogP contribution < -0.4 is 5.32 Å². The van der Waals surface area contributed by atoms with Gasteiger partial charge in [0.25, 0.3) is 0 Å². The van der Waals surface area contributed by atoms with Crippen molar-refractivity contribution in [1.29, 1.82) is 0 Å². The average Bonchev–Trinajstić information content (AvgIpc) is 2.89. The van der Waals surface area contributed by atoms with Crippen LogP contribution in [0.1, 0.15) is 22.8 Å². The van der Waals surface area contributed by atoms with Crippen molar-refractivity contribution >= 4 is 28.8 Å². The van der Waals surface area contributed by atoms with E-state index in [2.05, 4.69) is 15.5 Å². The third-order valence-corrected chi connectivity index (χ3v) is 3.92. The zero-order valence-electron chi connectivity index (χ0n) is 10.1. The van der Waals surface area contributed by atoms with Gasteiger partial charge in [0.05, 0.1) is 6.10 Å². The van der Waals surface area contributed by atoms with Crippen molar-refractivity contribution in [3.63, 3.8) is 0 Å². The van der Waals surface area contributed by atoms with Crippen molar-refractivity contribution in [1.82, 2.24) is 10.2 Å². The predicted octanol–water partition coefficient (Wildman–Crippen LogP) is 2.95. The number of halogens is 1. The minimum atomic E-state index is -0.548. The lowest BCUT2D eigenvalue weighted by molar-refractivity contribution is 0.192. The molecule has 0 saturated carbocycles. The van der Waals surface area contributed by atoms with E-state index in [1.807, 2.05) is 30.7 Å². The molecular formula is C12H14ClN3OS. The van der Waals surface area contributed by atoms with Gasteiger partial charge in [0.2, 0.25) is 0 Å². The second-order valence-electron chi connectivity index (χ2n) is 4.04. The van der Waals surface area contributed by atoms with Crippen LogP contribution >= 0.6 is 22.9 Å². The standard InChI is InChI=1S/C12H14ClN3OS/c1-7-8(2)12(16-15-11(7)13)14-5-10(17)9-3-4-18-6-9/h3-4,6,10,17H,5H2,1-2H3,(H,14,16). The molecule has 0 saturated heterocycles. The second-order valence-corrected chi connectivity index (χ2v) is 5.18. The SMILES string of the molecule is Cc1c(Cl)nnc(NCC(O)c2ccsc2)c1C. The number of hydrogen-bond donors (Lipinski definition) is 2. The smallest absolute Gasteiger partial charge is 0.155 e. The maximum Gasteiger partial charge on any atom is 0.155 e. The van der Waals surface area contributed by atoms with Gasteiger partial charge in [-0.25, -0.2) is 0 Å². The molecule has 18 heavy (non-hydrogen) atoms. The molecule has 96 valence electrons. The van der Waals surface area contributed by atoms with Crippen molar-refractivity contribution in [2.45, 2.75) is 20.0 Å². The zero-order chi connectivity index (χ0) is 13.1. The highest BCUT2D eigenvalue weighted by atomic mass is 35.5. The van der Waals surface area contributed by atoms with Gasteiger partial charge in [-0.2, -0.15) is 11.3 Å². The van der Waals surface area contributed by atoms with Gasteiger partial charge in [-0.15, -0.1) is 10.2 Å². The molecule has 0 aliphatic rings. The number of rotatable bonds is 4. The molecule has 2 N–H and O–H groups in total. The fraction of sp³-hybridized carbons (Fsp3) is 0.333. The number of aliphatic hydroxyl groups is 1. The van der Waals surface area contributed by atoms with E-state index in [1.54, 1.807) is 11.3 Å². The second kappa shape index (κ2) is 5.65. The lowest BCUT2D eigenvalue weighted by Crippen LogP contribution is -2.14. The van der Waals surface area contributed by atoms with Crippen molar-refractivity contribution in [3.8, 4) is 0 Å². The van der Waals surface area contributed by atoms with Crippen LogP contribution in [-0.2, 0) is 0 Å². The summed E-state index contributed by atoms with van der Waals surface area (Å²) in [6.07, 6.45) is -0.548. The van der Waals surface area contributed by atoms with Crippen LogP contribution in [0, 0.1) is 13.8 Å². The molecule has 0 radical (unpaired) electrons.